The number of allylic oxidation sites excluding steroid dienone is 1. The maximum absolute atomic E-state index is 13.8. The molecular weight excluding hydrogens is 315 g/mol. The first-order valence-corrected chi connectivity index (χ1v) is 7.42. The van der Waals surface area contributed by atoms with Gasteiger partial charge < -0.3 is 5.11 Å². The molecule has 1 aromatic heterocycles. The first-order valence-electron chi connectivity index (χ1n) is 6.60. The molecule has 0 aliphatic rings. The summed E-state index contributed by atoms with van der Waals surface area (Å²) in [5, 5.41) is 20.1. The van der Waals surface area contributed by atoms with E-state index in [0.717, 1.165) is 11.3 Å². The van der Waals surface area contributed by atoms with Gasteiger partial charge in [0.05, 0.1) is 10.9 Å². The molecule has 0 atom stereocenters. The van der Waals surface area contributed by atoms with Gasteiger partial charge in [-0.1, -0.05) is 24.3 Å². The SMILES string of the molecule is N#C/C(=C(/O)c1ccccc1F)c1nc(=O)c2ccccc2s1. The van der Waals surface area contributed by atoms with Crippen molar-refractivity contribution in [1.29, 1.82) is 5.26 Å². The van der Waals surface area contributed by atoms with Crippen LogP contribution in [0, 0.1) is 17.1 Å². The lowest BCUT2D eigenvalue weighted by atomic mass is 10.1. The van der Waals surface area contributed by atoms with Crippen LogP contribution in [0.2, 0.25) is 0 Å². The molecule has 6 heteroatoms. The number of aliphatic hydroxyl groups excluding tert-OH is 1. The maximum Gasteiger partial charge on any atom is 0.279 e. The molecular formula is C17H9FN2O2S. The second kappa shape index (κ2) is 5.99. The molecule has 0 radical (unpaired) electrons. The zero-order valence-corrected chi connectivity index (χ0v) is 12.5. The second-order valence-corrected chi connectivity index (χ2v) is 5.67. The summed E-state index contributed by atoms with van der Waals surface area (Å²) in [6.45, 7) is 0. The van der Waals surface area contributed by atoms with Crippen molar-refractivity contribution in [2.24, 2.45) is 0 Å². The molecule has 0 spiro atoms. The summed E-state index contributed by atoms with van der Waals surface area (Å²) in [6, 6.07) is 14.2. The number of benzene rings is 2. The number of fused-ring (bicyclic) bond motifs is 1. The van der Waals surface area contributed by atoms with E-state index in [0.29, 0.717) is 10.1 Å². The van der Waals surface area contributed by atoms with E-state index in [2.05, 4.69) is 4.98 Å². The number of aliphatic hydroxyl groups is 1. The number of nitriles is 1. The Hall–Kier alpha value is -3.04. The molecule has 0 fully saturated rings. The smallest absolute Gasteiger partial charge is 0.279 e. The van der Waals surface area contributed by atoms with Crippen molar-refractivity contribution in [3.05, 3.63) is 75.3 Å². The van der Waals surface area contributed by atoms with Crippen molar-refractivity contribution < 1.29 is 9.50 Å². The molecule has 112 valence electrons. The molecule has 0 saturated heterocycles. The third-order valence-corrected chi connectivity index (χ3v) is 4.28. The number of hydrogen-bond acceptors (Lipinski definition) is 5. The number of nitrogens with zero attached hydrogens (tertiary/aromatic N) is 2. The van der Waals surface area contributed by atoms with E-state index in [1.807, 2.05) is 6.07 Å². The van der Waals surface area contributed by atoms with Gasteiger partial charge in [0, 0.05) is 4.70 Å². The van der Waals surface area contributed by atoms with Gasteiger partial charge in [0.15, 0.2) is 0 Å². The number of hydrogen-bond donors (Lipinski definition) is 1. The van der Waals surface area contributed by atoms with Crippen molar-refractivity contribution in [1.82, 2.24) is 4.98 Å². The van der Waals surface area contributed by atoms with Gasteiger partial charge in [0.1, 0.15) is 28.2 Å². The topological polar surface area (TPSA) is 74.0 Å². The Bertz CT molecular complexity index is 1030. The highest BCUT2D eigenvalue weighted by Gasteiger charge is 2.17. The molecule has 1 N–H and O–H groups in total. The fraction of sp³-hybridized carbons (Fsp3) is 0. The van der Waals surface area contributed by atoms with Crippen molar-refractivity contribution in [2.45, 2.75) is 0 Å². The Labute approximate surface area is 134 Å². The molecule has 0 aliphatic heterocycles. The molecule has 0 amide bonds. The third kappa shape index (κ3) is 2.70. The van der Waals surface area contributed by atoms with Crippen LogP contribution in [0.3, 0.4) is 0 Å². The Balaban J connectivity index is 2.27. The minimum atomic E-state index is -0.661. The van der Waals surface area contributed by atoms with E-state index in [1.54, 1.807) is 30.3 Å². The van der Waals surface area contributed by atoms with Crippen molar-refractivity contribution in [3.63, 3.8) is 0 Å². The van der Waals surface area contributed by atoms with Gasteiger partial charge in [-0.15, -0.1) is 11.3 Å². The Morgan fingerprint density at radius 1 is 1.17 bits per heavy atom. The number of aromatic nitrogens is 1. The fourth-order valence-electron chi connectivity index (χ4n) is 2.11. The van der Waals surface area contributed by atoms with Gasteiger partial charge >= 0.3 is 0 Å². The van der Waals surface area contributed by atoms with E-state index in [9.17, 15) is 19.6 Å². The molecule has 2 aromatic carbocycles. The minimum absolute atomic E-state index is 0.0527. The summed E-state index contributed by atoms with van der Waals surface area (Å²) in [6.07, 6.45) is 0. The fourth-order valence-corrected chi connectivity index (χ4v) is 3.10. The van der Waals surface area contributed by atoms with Crippen LogP contribution < -0.4 is 5.56 Å². The van der Waals surface area contributed by atoms with Gasteiger partial charge in [-0.25, -0.2) is 4.39 Å². The van der Waals surface area contributed by atoms with Gasteiger partial charge in [-0.3, -0.25) is 4.79 Å². The molecule has 0 aliphatic carbocycles. The van der Waals surface area contributed by atoms with E-state index < -0.39 is 17.1 Å². The van der Waals surface area contributed by atoms with Crippen molar-refractivity contribution in [2.75, 3.05) is 0 Å². The average molecular weight is 324 g/mol. The number of rotatable bonds is 2. The van der Waals surface area contributed by atoms with Crippen LogP contribution in [0.4, 0.5) is 4.39 Å². The molecule has 0 unspecified atom stereocenters. The Morgan fingerprint density at radius 3 is 2.61 bits per heavy atom. The average Bonchev–Trinajstić information content (AvgIpc) is 2.56. The lowest BCUT2D eigenvalue weighted by Crippen LogP contribution is -2.08. The highest BCUT2D eigenvalue weighted by Crippen LogP contribution is 2.28. The normalized spacial score (nSPS) is 11.8. The molecule has 3 rings (SSSR count). The van der Waals surface area contributed by atoms with Gasteiger partial charge in [0.25, 0.3) is 5.56 Å². The van der Waals surface area contributed by atoms with Gasteiger partial charge in [-0.05, 0) is 24.3 Å². The van der Waals surface area contributed by atoms with Crippen LogP contribution in [0.5, 0.6) is 0 Å². The summed E-state index contributed by atoms with van der Waals surface area (Å²) in [5.74, 6) is -1.20. The third-order valence-electron chi connectivity index (χ3n) is 3.22. The quantitative estimate of drug-likeness (QED) is 0.575. The largest absolute Gasteiger partial charge is 0.506 e. The van der Waals surface area contributed by atoms with Crippen LogP contribution in [-0.4, -0.2) is 10.1 Å². The van der Waals surface area contributed by atoms with Crippen molar-refractivity contribution >= 4 is 32.8 Å². The van der Waals surface area contributed by atoms with Crippen LogP contribution in [-0.2, 0) is 0 Å². The lowest BCUT2D eigenvalue weighted by molar-refractivity contribution is 0.504. The van der Waals surface area contributed by atoms with Gasteiger partial charge in [-0.2, -0.15) is 10.2 Å². The minimum Gasteiger partial charge on any atom is -0.506 e. The van der Waals surface area contributed by atoms with Gasteiger partial charge in [0.2, 0.25) is 0 Å². The molecule has 1 heterocycles. The molecule has 3 aromatic rings. The monoisotopic (exact) mass is 324 g/mol. The summed E-state index contributed by atoms with van der Waals surface area (Å²) in [4.78, 5) is 15.9. The van der Waals surface area contributed by atoms with Crippen molar-refractivity contribution in [3.8, 4) is 6.07 Å². The zero-order chi connectivity index (χ0) is 16.4. The summed E-state index contributed by atoms with van der Waals surface area (Å²) in [5.41, 5.74) is -0.843. The van der Waals surface area contributed by atoms with Crippen LogP contribution in [0.1, 0.15) is 10.6 Å². The molecule has 4 nitrogen and oxygen atoms in total. The van der Waals surface area contributed by atoms with E-state index in [1.165, 1.54) is 18.2 Å². The first kappa shape index (κ1) is 14.9. The first-order chi connectivity index (χ1) is 11.1. The highest BCUT2D eigenvalue weighted by molar-refractivity contribution is 7.19. The maximum atomic E-state index is 13.8. The standard InChI is InChI=1S/C17H9FN2O2S/c18-13-7-3-1-5-10(13)15(21)12(9-19)17-20-16(22)11-6-2-4-8-14(11)23-17/h1-8,21H/b15-12-. The van der Waals surface area contributed by atoms with Crippen LogP contribution >= 0.6 is 11.3 Å². The predicted molar refractivity (Wildman–Crippen MR) is 87.3 cm³/mol. The zero-order valence-electron chi connectivity index (χ0n) is 11.7. The van der Waals surface area contributed by atoms with Crippen LogP contribution in [0.15, 0.2) is 53.3 Å². The predicted octanol–water partition coefficient (Wildman–Crippen LogP) is 3.75. The Kier molecular flexibility index (Phi) is 3.87. The van der Waals surface area contributed by atoms with Crippen LogP contribution in [0.25, 0.3) is 21.4 Å². The Morgan fingerprint density at radius 2 is 1.87 bits per heavy atom. The van der Waals surface area contributed by atoms with E-state index in [4.69, 9.17) is 0 Å². The highest BCUT2D eigenvalue weighted by atomic mass is 32.1. The number of halogens is 1. The summed E-state index contributed by atoms with van der Waals surface area (Å²) < 4.78 is 14.4. The molecule has 0 bridgehead atoms. The molecule has 23 heavy (non-hydrogen) atoms. The van der Waals surface area contributed by atoms with E-state index >= 15 is 0 Å². The summed E-state index contributed by atoms with van der Waals surface area (Å²) in [7, 11) is 0. The van der Waals surface area contributed by atoms with E-state index in [-0.39, 0.29) is 16.1 Å². The summed E-state index contributed by atoms with van der Waals surface area (Å²) >= 11 is 1.09. The molecule has 0 saturated carbocycles. The lowest BCUT2D eigenvalue weighted by Gasteiger charge is -2.05. The second-order valence-electron chi connectivity index (χ2n) is 4.64.